The summed E-state index contributed by atoms with van der Waals surface area (Å²) in [4.78, 5) is 17.3. The summed E-state index contributed by atoms with van der Waals surface area (Å²) < 4.78 is 23.9. The molecule has 1 amide bonds. The maximum atomic E-state index is 11.9. The molecule has 2 rings (SSSR count). The summed E-state index contributed by atoms with van der Waals surface area (Å²) in [5.74, 6) is -0.156. The molecular weight excluding hydrogens is 272 g/mol. The average molecular weight is 288 g/mol. The molecule has 0 saturated carbocycles. The minimum absolute atomic E-state index is 0.0289. The second-order valence-corrected chi connectivity index (χ2v) is 7.68. The highest BCUT2D eigenvalue weighted by molar-refractivity contribution is 7.93. The number of hydrogen-bond donors (Lipinski definition) is 0. The predicted octanol–water partition coefficient (Wildman–Crippen LogP) is 1.18. The maximum Gasteiger partial charge on any atom is 0.238 e. The van der Waals surface area contributed by atoms with Crippen molar-refractivity contribution in [3.8, 4) is 0 Å². The van der Waals surface area contributed by atoms with E-state index in [1.165, 1.54) is 6.20 Å². The van der Waals surface area contributed by atoms with Gasteiger partial charge in [-0.25, -0.2) is 13.4 Å². The van der Waals surface area contributed by atoms with Crippen molar-refractivity contribution in [2.45, 2.75) is 24.1 Å². The summed E-state index contributed by atoms with van der Waals surface area (Å²) in [5, 5.41) is 1.60. The standard InChI is InChI=1S/C11H16N2O3S2/c1-9-2-5-13(6-3-9)10(14)8-18(15,16)11-12-4-7-17-11/h4,7,9H,2-3,5-6,8H2,1H3. The van der Waals surface area contributed by atoms with Crippen LogP contribution in [0.1, 0.15) is 19.8 Å². The Balaban J connectivity index is 1.99. The second-order valence-electron chi connectivity index (χ2n) is 4.62. The molecule has 0 atom stereocenters. The third-order valence-electron chi connectivity index (χ3n) is 3.13. The number of amides is 1. The van der Waals surface area contributed by atoms with Gasteiger partial charge < -0.3 is 4.90 Å². The lowest BCUT2D eigenvalue weighted by molar-refractivity contribution is -0.129. The number of thiazole rings is 1. The Morgan fingerprint density at radius 2 is 2.17 bits per heavy atom. The first kappa shape index (κ1) is 13.5. The molecule has 100 valence electrons. The van der Waals surface area contributed by atoms with Crippen molar-refractivity contribution in [1.29, 1.82) is 0 Å². The molecule has 18 heavy (non-hydrogen) atoms. The Morgan fingerprint density at radius 3 is 2.72 bits per heavy atom. The zero-order valence-electron chi connectivity index (χ0n) is 10.2. The number of carbonyl (C=O) groups excluding carboxylic acids is 1. The molecule has 1 aliphatic rings. The molecule has 0 unspecified atom stereocenters. The topological polar surface area (TPSA) is 67.3 Å². The fourth-order valence-electron chi connectivity index (χ4n) is 1.94. The van der Waals surface area contributed by atoms with Gasteiger partial charge in [0, 0.05) is 24.7 Å². The Hall–Kier alpha value is -0.950. The van der Waals surface area contributed by atoms with Gasteiger partial charge in [0.1, 0.15) is 5.75 Å². The van der Waals surface area contributed by atoms with Crippen molar-refractivity contribution in [3.63, 3.8) is 0 Å². The van der Waals surface area contributed by atoms with E-state index in [9.17, 15) is 13.2 Å². The van der Waals surface area contributed by atoms with Crippen molar-refractivity contribution in [2.75, 3.05) is 18.8 Å². The van der Waals surface area contributed by atoms with Crippen LogP contribution in [0, 0.1) is 5.92 Å². The van der Waals surface area contributed by atoms with Gasteiger partial charge in [0.15, 0.2) is 0 Å². The van der Waals surface area contributed by atoms with Gasteiger partial charge in [-0.3, -0.25) is 4.79 Å². The number of aromatic nitrogens is 1. The molecule has 1 aromatic heterocycles. The van der Waals surface area contributed by atoms with Crippen LogP contribution in [-0.2, 0) is 14.6 Å². The zero-order valence-corrected chi connectivity index (χ0v) is 11.8. The van der Waals surface area contributed by atoms with Gasteiger partial charge in [-0.1, -0.05) is 6.92 Å². The van der Waals surface area contributed by atoms with E-state index in [-0.39, 0.29) is 10.2 Å². The number of rotatable bonds is 3. The first-order chi connectivity index (χ1) is 8.49. The molecule has 5 nitrogen and oxygen atoms in total. The summed E-state index contributed by atoms with van der Waals surface area (Å²) in [7, 11) is -3.56. The van der Waals surface area contributed by atoms with Gasteiger partial charge in [0.25, 0.3) is 0 Å². The van der Waals surface area contributed by atoms with E-state index in [1.807, 2.05) is 0 Å². The van der Waals surface area contributed by atoms with E-state index < -0.39 is 15.6 Å². The van der Waals surface area contributed by atoms with Gasteiger partial charge in [-0.2, -0.15) is 0 Å². The van der Waals surface area contributed by atoms with E-state index in [0.717, 1.165) is 24.2 Å². The molecule has 2 heterocycles. The Bertz CT molecular complexity index is 502. The molecule has 7 heteroatoms. The number of hydrogen-bond acceptors (Lipinski definition) is 5. The number of likely N-dealkylation sites (tertiary alicyclic amines) is 1. The van der Waals surface area contributed by atoms with E-state index in [2.05, 4.69) is 11.9 Å². The lowest BCUT2D eigenvalue weighted by atomic mass is 9.99. The lowest BCUT2D eigenvalue weighted by Gasteiger charge is -2.30. The summed E-state index contributed by atoms with van der Waals surface area (Å²) in [5.41, 5.74) is 0. The molecule has 0 N–H and O–H groups in total. The smallest absolute Gasteiger partial charge is 0.238 e. The van der Waals surface area contributed by atoms with Gasteiger partial charge >= 0.3 is 0 Å². The molecule has 0 radical (unpaired) electrons. The highest BCUT2D eigenvalue weighted by atomic mass is 32.2. The van der Waals surface area contributed by atoms with Gasteiger partial charge in [0.2, 0.25) is 20.1 Å². The third kappa shape index (κ3) is 3.08. The summed E-state index contributed by atoms with van der Waals surface area (Å²) in [6.07, 6.45) is 3.33. The number of sulfone groups is 1. The first-order valence-corrected chi connectivity index (χ1v) is 8.42. The minimum Gasteiger partial charge on any atom is -0.342 e. The Kier molecular flexibility index (Phi) is 4.01. The van der Waals surface area contributed by atoms with Crippen LogP contribution in [0.3, 0.4) is 0 Å². The zero-order chi connectivity index (χ0) is 13.2. The summed E-state index contributed by atoms with van der Waals surface area (Å²) >= 11 is 1.05. The molecule has 0 bridgehead atoms. The fraction of sp³-hybridized carbons (Fsp3) is 0.636. The van der Waals surface area contributed by atoms with Crippen LogP contribution in [0.2, 0.25) is 0 Å². The SMILES string of the molecule is CC1CCN(C(=O)CS(=O)(=O)c2nccs2)CC1. The number of nitrogens with zero attached hydrogens (tertiary/aromatic N) is 2. The quantitative estimate of drug-likeness (QED) is 0.837. The van der Waals surface area contributed by atoms with Crippen LogP contribution in [0.5, 0.6) is 0 Å². The summed E-state index contributed by atoms with van der Waals surface area (Å²) in [6, 6.07) is 0. The van der Waals surface area contributed by atoms with Crippen LogP contribution in [0.25, 0.3) is 0 Å². The molecule has 0 aromatic carbocycles. The highest BCUT2D eigenvalue weighted by Crippen LogP contribution is 2.18. The van der Waals surface area contributed by atoms with E-state index in [0.29, 0.717) is 19.0 Å². The average Bonchev–Trinajstić information content (AvgIpc) is 2.83. The largest absolute Gasteiger partial charge is 0.342 e. The van der Waals surface area contributed by atoms with E-state index in [4.69, 9.17) is 0 Å². The van der Waals surface area contributed by atoms with E-state index in [1.54, 1.807) is 10.3 Å². The monoisotopic (exact) mass is 288 g/mol. The van der Waals surface area contributed by atoms with Crippen LogP contribution in [-0.4, -0.2) is 43.1 Å². The van der Waals surface area contributed by atoms with Gasteiger partial charge in [-0.05, 0) is 18.8 Å². The van der Waals surface area contributed by atoms with Crippen LogP contribution in [0.4, 0.5) is 0 Å². The third-order valence-corrected chi connectivity index (χ3v) is 6.01. The molecule has 1 aliphatic heterocycles. The molecule has 1 fully saturated rings. The van der Waals surface area contributed by atoms with Crippen molar-refractivity contribution in [3.05, 3.63) is 11.6 Å². The van der Waals surface area contributed by atoms with Crippen molar-refractivity contribution < 1.29 is 13.2 Å². The Labute approximate surface area is 111 Å². The van der Waals surface area contributed by atoms with Gasteiger partial charge in [-0.15, -0.1) is 11.3 Å². The van der Waals surface area contributed by atoms with Crippen molar-refractivity contribution >= 4 is 27.1 Å². The second kappa shape index (κ2) is 5.36. The number of piperidine rings is 1. The minimum atomic E-state index is -3.56. The van der Waals surface area contributed by atoms with Crippen LogP contribution in [0.15, 0.2) is 15.9 Å². The van der Waals surface area contributed by atoms with E-state index >= 15 is 0 Å². The Morgan fingerprint density at radius 1 is 1.50 bits per heavy atom. The summed E-state index contributed by atoms with van der Waals surface area (Å²) in [6.45, 7) is 3.47. The molecule has 1 aromatic rings. The van der Waals surface area contributed by atoms with Crippen molar-refractivity contribution in [1.82, 2.24) is 9.88 Å². The highest BCUT2D eigenvalue weighted by Gasteiger charge is 2.27. The van der Waals surface area contributed by atoms with Gasteiger partial charge in [0.05, 0.1) is 0 Å². The molecule has 0 aliphatic carbocycles. The lowest BCUT2D eigenvalue weighted by Crippen LogP contribution is -2.41. The van der Waals surface area contributed by atoms with Crippen LogP contribution < -0.4 is 0 Å². The first-order valence-electron chi connectivity index (χ1n) is 5.89. The van der Waals surface area contributed by atoms with Crippen molar-refractivity contribution in [2.24, 2.45) is 5.92 Å². The predicted molar refractivity (Wildman–Crippen MR) is 69.1 cm³/mol. The molecule has 0 spiro atoms. The molecule has 1 saturated heterocycles. The normalized spacial score (nSPS) is 17.9. The number of carbonyl (C=O) groups is 1. The maximum absolute atomic E-state index is 11.9. The molecular formula is C11H16N2O3S2. The van der Waals surface area contributed by atoms with Crippen LogP contribution >= 0.6 is 11.3 Å². The fourth-order valence-corrected chi connectivity index (χ4v) is 4.08.